The summed E-state index contributed by atoms with van der Waals surface area (Å²) in [5, 5.41) is 16.9. The molecule has 2 N–H and O–H groups in total. The molecule has 0 radical (unpaired) electrons. The van der Waals surface area contributed by atoms with Crippen LogP contribution in [0.1, 0.15) is 25.3 Å². The van der Waals surface area contributed by atoms with Gasteiger partial charge in [0.15, 0.2) is 0 Å². The Morgan fingerprint density at radius 2 is 2.26 bits per heavy atom. The Hall–Kier alpha value is -2.65. The lowest BCUT2D eigenvalue weighted by molar-refractivity contribution is -0.125. The number of piperidine rings is 1. The minimum Gasteiger partial charge on any atom is -0.369 e. The van der Waals surface area contributed by atoms with Gasteiger partial charge in [0.05, 0.1) is 17.0 Å². The number of nitrogens with one attached hydrogen (secondary N) is 2. The summed E-state index contributed by atoms with van der Waals surface area (Å²) in [6, 6.07) is 10.2. The molecule has 3 atom stereocenters. The van der Waals surface area contributed by atoms with Gasteiger partial charge in [-0.25, -0.2) is 0 Å². The van der Waals surface area contributed by atoms with Gasteiger partial charge in [0.2, 0.25) is 5.91 Å². The van der Waals surface area contributed by atoms with Gasteiger partial charge in [-0.05, 0) is 49.6 Å². The van der Waals surface area contributed by atoms with Crippen LogP contribution in [0.5, 0.6) is 0 Å². The van der Waals surface area contributed by atoms with Crippen LogP contribution >= 0.6 is 0 Å². The second kappa shape index (κ2) is 7.53. The molecule has 140 valence electrons. The summed E-state index contributed by atoms with van der Waals surface area (Å²) in [7, 11) is 0. The maximum absolute atomic E-state index is 12.5. The average Bonchev–Trinajstić information content (AvgIpc) is 3.21. The smallest absolute Gasteiger partial charge is 0.224 e. The number of pyridine rings is 1. The normalized spacial score (nSPS) is 25.3. The fourth-order valence-corrected chi connectivity index (χ4v) is 4.37. The number of hydrogen-bond donors (Lipinski definition) is 2. The molecule has 2 saturated heterocycles. The van der Waals surface area contributed by atoms with E-state index in [2.05, 4.69) is 33.5 Å². The molecule has 0 aliphatic carbocycles. The van der Waals surface area contributed by atoms with Gasteiger partial charge in [0, 0.05) is 42.9 Å². The Labute approximate surface area is 159 Å². The summed E-state index contributed by atoms with van der Waals surface area (Å²) >= 11 is 0. The lowest BCUT2D eigenvalue weighted by Gasteiger charge is -2.39. The lowest BCUT2D eigenvalue weighted by atomic mass is 9.94. The molecule has 6 nitrogen and oxygen atoms in total. The van der Waals surface area contributed by atoms with Crippen molar-refractivity contribution < 1.29 is 4.79 Å². The van der Waals surface area contributed by atoms with E-state index in [-0.39, 0.29) is 17.9 Å². The summed E-state index contributed by atoms with van der Waals surface area (Å²) in [5.74, 6) is 0.745. The third kappa shape index (κ3) is 3.60. The van der Waals surface area contributed by atoms with Crippen LogP contribution in [-0.2, 0) is 4.79 Å². The topological polar surface area (TPSA) is 81.0 Å². The first-order chi connectivity index (χ1) is 13.2. The Morgan fingerprint density at radius 3 is 3.04 bits per heavy atom. The van der Waals surface area contributed by atoms with Gasteiger partial charge in [0.25, 0.3) is 0 Å². The number of hydrogen-bond acceptors (Lipinski definition) is 5. The first-order valence-corrected chi connectivity index (χ1v) is 9.69. The second-order valence-corrected chi connectivity index (χ2v) is 7.78. The zero-order chi connectivity index (χ0) is 18.8. The van der Waals surface area contributed by atoms with Crippen molar-refractivity contribution in [3.63, 3.8) is 0 Å². The number of benzene rings is 1. The number of fused-ring (bicyclic) bond motifs is 1. The second-order valence-electron chi connectivity index (χ2n) is 7.78. The van der Waals surface area contributed by atoms with E-state index >= 15 is 0 Å². The van der Waals surface area contributed by atoms with Crippen LogP contribution in [0.2, 0.25) is 0 Å². The quantitative estimate of drug-likeness (QED) is 0.872. The summed E-state index contributed by atoms with van der Waals surface area (Å²) in [4.78, 5) is 19.3. The van der Waals surface area contributed by atoms with Crippen molar-refractivity contribution in [2.75, 3.05) is 31.1 Å². The summed E-state index contributed by atoms with van der Waals surface area (Å²) < 4.78 is 0. The maximum atomic E-state index is 12.5. The van der Waals surface area contributed by atoms with Crippen LogP contribution in [0.15, 0.2) is 30.5 Å². The van der Waals surface area contributed by atoms with Crippen molar-refractivity contribution in [1.82, 2.24) is 15.6 Å². The van der Waals surface area contributed by atoms with Gasteiger partial charge in [-0.15, -0.1) is 0 Å². The van der Waals surface area contributed by atoms with E-state index in [1.165, 1.54) is 0 Å². The van der Waals surface area contributed by atoms with Crippen LogP contribution in [0, 0.1) is 23.2 Å². The Morgan fingerprint density at radius 1 is 1.37 bits per heavy atom. The molecule has 2 aromatic rings. The fourth-order valence-electron chi connectivity index (χ4n) is 4.37. The number of nitrogens with zero attached hydrogens (tertiary/aromatic N) is 3. The molecule has 0 bridgehead atoms. The lowest BCUT2D eigenvalue weighted by Crippen LogP contribution is -2.51. The average molecular weight is 363 g/mol. The molecule has 1 unspecified atom stereocenters. The first kappa shape index (κ1) is 17.7. The molecule has 1 aromatic heterocycles. The third-order valence-corrected chi connectivity index (χ3v) is 5.65. The standard InChI is InChI=1S/C21H25N5O/c1-14-9-17(25-21(27)16-6-8-23-11-16)13-26(12-14)19-5-4-15(10-22)20-18(19)3-2-7-24-20/h2-5,7,14,16-17,23H,6,8-9,11-13H2,1H3,(H,25,27)/t14-,16?,17+/m0/s1. The van der Waals surface area contributed by atoms with E-state index in [1.807, 2.05) is 24.3 Å². The van der Waals surface area contributed by atoms with Gasteiger partial charge < -0.3 is 15.5 Å². The van der Waals surface area contributed by atoms with Crippen LogP contribution in [0.25, 0.3) is 10.9 Å². The predicted octanol–water partition coefficient (Wildman–Crippen LogP) is 2.05. The van der Waals surface area contributed by atoms with Gasteiger partial charge in [-0.2, -0.15) is 5.26 Å². The van der Waals surface area contributed by atoms with Gasteiger partial charge >= 0.3 is 0 Å². The van der Waals surface area contributed by atoms with E-state index < -0.39 is 0 Å². The Balaban J connectivity index is 1.57. The molecule has 27 heavy (non-hydrogen) atoms. The van der Waals surface area contributed by atoms with Gasteiger partial charge in [-0.1, -0.05) is 6.92 Å². The molecule has 0 spiro atoms. The number of carbonyl (C=O) groups is 1. The van der Waals surface area contributed by atoms with E-state index in [1.54, 1.807) is 6.20 Å². The highest BCUT2D eigenvalue weighted by Gasteiger charge is 2.30. The highest BCUT2D eigenvalue weighted by molar-refractivity contribution is 5.95. The highest BCUT2D eigenvalue weighted by atomic mass is 16.2. The zero-order valence-corrected chi connectivity index (χ0v) is 15.6. The number of aromatic nitrogens is 1. The molecule has 1 amide bonds. The molecule has 2 fully saturated rings. The van der Waals surface area contributed by atoms with Crippen molar-refractivity contribution >= 4 is 22.5 Å². The summed E-state index contributed by atoms with van der Waals surface area (Å²) in [6.45, 7) is 5.66. The largest absolute Gasteiger partial charge is 0.369 e. The molecular weight excluding hydrogens is 338 g/mol. The van der Waals surface area contributed by atoms with Gasteiger partial charge in [0.1, 0.15) is 6.07 Å². The molecular formula is C21H25N5O. The first-order valence-electron chi connectivity index (χ1n) is 9.69. The minimum atomic E-state index is 0.0932. The van der Waals surface area contributed by atoms with Crippen molar-refractivity contribution in [3.05, 3.63) is 36.0 Å². The Bertz CT molecular complexity index is 884. The van der Waals surface area contributed by atoms with Crippen LogP contribution < -0.4 is 15.5 Å². The zero-order valence-electron chi connectivity index (χ0n) is 15.6. The van der Waals surface area contributed by atoms with E-state index in [9.17, 15) is 10.1 Å². The summed E-state index contributed by atoms with van der Waals surface area (Å²) in [6.07, 6.45) is 3.64. The minimum absolute atomic E-state index is 0.0932. The van der Waals surface area contributed by atoms with Crippen LogP contribution in [0.3, 0.4) is 0 Å². The van der Waals surface area contributed by atoms with Crippen molar-refractivity contribution in [3.8, 4) is 6.07 Å². The fraction of sp³-hybridized carbons (Fsp3) is 0.476. The molecule has 0 saturated carbocycles. The molecule has 2 aliphatic heterocycles. The Kier molecular flexibility index (Phi) is 4.95. The monoisotopic (exact) mass is 363 g/mol. The number of anilines is 1. The van der Waals surface area contributed by atoms with E-state index in [0.29, 0.717) is 11.5 Å². The molecule has 6 heteroatoms. The molecule has 2 aliphatic rings. The SMILES string of the molecule is C[C@H]1C[C@@H](NC(=O)C2CCNC2)CN(c2ccc(C#N)c3ncccc23)C1. The van der Waals surface area contributed by atoms with Crippen molar-refractivity contribution in [1.29, 1.82) is 5.26 Å². The van der Waals surface area contributed by atoms with Crippen LogP contribution in [0.4, 0.5) is 5.69 Å². The molecule has 1 aromatic carbocycles. The van der Waals surface area contributed by atoms with Gasteiger partial charge in [-0.3, -0.25) is 9.78 Å². The number of rotatable bonds is 3. The van der Waals surface area contributed by atoms with E-state index in [0.717, 1.165) is 55.6 Å². The number of nitriles is 1. The third-order valence-electron chi connectivity index (χ3n) is 5.65. The highest BCUT2D eigenvalue weighted by Crippen LogP contribution is 2.31. The van der Waals surface area contributed by atoms with Crippen molar-refractivity contribution in [2.45, 2.75) is 25.8 Å². The number of amides is 1. The predicted molar refractivity (Wildman–Crippen MR) is 105 cm³/mol. The maximum Gasteiger partial charge on any atom is 0.224 e. The van der Waals surface area contributed by atoms with Crippen LogP contribution in [-0.4, -0.2) is 43.1 Å². The molecule has 4 rings (SSSR count). The summed E-state index contributed by atoms with van der Waals surface area (Å²) in [5.41, 5.74) is 2.43. The number of carbonyl (C=O) groups excluding carboxylic acids is 1. The van der Waals surface area contributed by atoms with E-state index in [4.69, 9.17) is 0 Å². The van der Waals surface area contributed by atoms with Crippen molar-refractivity contribution in [2.24, 2.45) is 11.8 Å². The molecule has 3 heterocycles.